The van der Waals surface area contributed by atoms with Crippen LogP contribution < -0.4 is 5.32 Å². The summed E-state index contributed by atoms with van der Waals surface area (Å²) in [7, 11) is 0. The molecule has 0 aliphatic carbocycles. The topological polar surface area (TPSA) is 92.7 Å². The molecule has 0 aromatic carbocycles. The quantitative estimate of drug-likeness (QED) is 0.441. The van der Waals surface area contributed by atoms with Gasteiger partial charge in [0.15, 0.2) is 0 Å². The molecule has 72 valence electrons. The molecule has 0 spiro atoms. The van der Waals surface area contributed by atoms with Crippen molar-refractivity contribution in [1.82, 2.24) is 5.32 Å². The molecule has 0 atom stereocenters. The first-order valence-corrected chi connectivity index (χ1v) is 3.45. The Bertz CT molecular complexity index is 229. The van der Waals surface area contributed by atoms with Gasteiger partial charge in [0.25, 0.3) is 11.8 Å². The third kappa shape index (κ3) is 6.54. The minimum absolute atomic E-state index is 0.231. The van der Waals surface area contributed by atoms with Crippen LogP contribution in [-0.4, -0.2) is 29.7 Å². The maximum atomic E-state index is 10.0. The van der Waals surface area contributed by atoms with Crippen molar-refractivity contribution in [3.05, 3.63) is 12.2 Å². The van der Waals surface area contributed by atoms with Gasteiger partial charge in [0.2, 0.25) is 0 Å². The van der Waals surface area contributed by atoms with Crippen LogP contribution in [0.5, 0.6) is 0 Å². The lowest BCUT2D eigenvalue weighted by Gasteiger charge is -1.87. The van der Waals surface area contributed by atoms with Crippen molar-refractivity contribution >= 4 is 18.0 Å². The predicted octanol–water partition coefficient (Wildman–Crippen LogP) is -0.100. The van der Waals surface area contributed by atoms with E-state index in [0.717, 1.165) is 0 Å². The smallest absolute Gasteiger partial charge is 0.450 e. The van der Waals surface area contributed by atoms with Crippen molar-refractivity contribution in [1.29, 1.82) is 0 Å². The lowest BCUT2D eigenvalue weighted by Crippen LogP contribution is -2.19. The van der Waals surface area contributed by atoms with Gasteiger partial charge < -0.3 is 9.84 Å². The fourth-order valence-corrected chi connectivity index (χ4v) is 0.480. The summed E-state index contributed by atoms with van der Waals surface area (Å²) >= 11 is 0. The fraction of sp³-hybridized carbons (Fsp3) is 0.286. The second-order valence-corrected chi connectivity index (χ2v) is 1.89. The average Bonchev–Trinajstić information content (AvgIpc) is 2.35. The Balaban J connectivity index is 0.000000226. The van der Waals surface area contributed by atoms with E-state index >= 15 is 0 Å². The van der Waals surface area contributed by atoms with Crippen LogP contribution in [-0.2, 0) is 14.3 Å². The standard InChI is InChI=1S/C4H3NO2.C3H6O3/c6-3-1-2-4(7)5-3;1-2-6-3(4)5/h1-2H,(H,5,6,7);2H2,1H3,(H,4,5). The first kappa shape index (κ1) is 11.2. The number of imide groups is 1. The van der Waals surface area contributed by atoms with Crippen LogP contribution in [0, 0.1) is 0 Å². The summed E-state index contributed by atoms with van der Waals surface area (Å²) in [6.07, 6.45) is 1.18. The molecule has 0 aromatic heterocycles. The zero-order valence-electron chi connectivity index (χ0n) is 6.94. The van der Waals surface area contributed by atoms with Gasteiger partial charge in [-0.1, -0.05) is 0 Å². The molecule has 1 heterocycles. The van der Waals surface area contributed by atoms with Gasteiger partial charge in [0.1, 0.15) is 0 Å². The number of carboxylic acid groups (broad SMARTS) is 1. The van der Waals surface area contributed by atoms with E-state index in [1.54, 1.807) is 6.92 Å². The summed E-state index contributed by atoms with van der Waals surface area (Å²) in [6.45, 7) is 1.85. The summed E-state index contributed by atoms with van der Waals surface area (Å²) in [5.41, 5.74) is 0. The van der Waals surface area contributed by atoms with Gasteiger partial charge in [-0.05, 0) is 6.92 Å². The predicted molar refractivity (Wildman–Crippen MR) is 41.9 cm³/mol. The highest BCUT2D eigenvalue weighted by atomic mass is 16.7. The van der Waals surface area contributed by atoms with Crippen LogP contribution in [0.3, 0.4) is 0 Å². The molecular formula is C7H9NO5. The molecule has 1 aliphatic rings. The maximum Gasteiger partial charge on any atom is 0.505 e. The Morgan fingerprint density at radius 1 is 1.46 bits per heavy atom. The summed E-state index contributed by atoms with van der Waals surface area (Å²) in [5, 5.41) is 9.72. The van der Waals surface area contributed by atoms with E-state index < -0.39 is 6.16 Å². The number of hydrogen-bond acceptors (Lipinski definition) is 4. The van der Waals surface area contributed by atoms with Gasteiger partial charge in [-0.15, -0.1) is 0 Å². The second-order valence-electron chi connectivity index (χ2n) is 1.89. The Hall–Kier alpha value is -1.85. The normalized spacial score (nSPS) is 13.0. The first-order valence-electron chi connectivity index (χ1n) is 3.45. The number of carbonyl (C=O) groups is 3. The van der Waals surface area contributed by atoms with Crippen molar-refractivity contribution in [3.63, 3.8) is 0 Å². The lowest BCUT2D eigenvalue weighted by molar-refractivity contribution is -0.123. The summed E-state index contributed by atoms with van der Waals surface area (Å²) in [5.74, 6) is -0.657. The molecule has 0 radical (unpaired) electrons. The van der Waals surface area contributed by atoms with Crippen LogP contribution in [0.2, 0.25) is 0 Å². The van der Waals surface area contributed by atoms with Crippen molar-refractivity contribution in [2.24, 2.45) is 0 Å². The van der Waals surface area contributed by atoms with E-state index in [-0.39, 0.29) is 18.4 Å². The molecule has 1 rings (SSSR count). The third-order valence-corrected chi connectivity index (χ3v) is 0.900. The minimum Gasteiger partial charge on any atom is -0.450 e. The Morgan fingerprint density at radius 2 is 1.92 bits per heavy atom. The molecule has 0 saturated carbocycles. The van der Waals surface area contributed by atoms with Crippen LogP contribution >= 0.6 is 0 Å². The number of amides is 2. The van der Waals surface area contributed by atoms with E-state index in [4.69, 9.17) is 5.11 Å². The van der Waals surface area contributed by atoms with E-state index in [0.29, 0.717) is 0 Å². The highest BCUT2D eigenvalue weighted by Gasteiger charge is 2.06. The number of carbonyl (C=O) groups excluding carboxylic acids is 2. The van der Waals surface area contributed by atoms with E-state index in [9.17, 15) is 14.4 Å². The van der Waals surface area contributed by atoms with Crippen molar-refractivity contribution in [3.8, 4) is 0 Å². The van der Waals surface area contributed by atoms with Crippen LogP contribution in [0.4, 0.5) is 4.79 Å². The zero-order valence-corrected chi connectivity index (χ0v) is 6.94. The van der Waals surface area contributed by atoms with Gasteiger partial charge in [0.05, 0.1) is 6.61 Å². The van der Waals surface area contributed by atoms with Gasteiger partial charge >= 0.3 is 6.16 Å². The molecule has 0 unspecified atom stereocenters. The molecular weight excluding hydrogens is 178 g/mol. The molecule has 0 saturated heterocycles. The van der Waals surface area contributed by atoms with E-state index in [1.807, 2.05) is 5.32 Å². The molecule has 6 nitrogen and oxygen atoms in total. The molecule has 1 aliphatic heterocycles. The number of hydrogen-bond donors (Lipinski definition) is 2. The molecule has 0 bridgehead atoms. The lowest BCUT2D eigenvalue weighted by atomic mass is 10.6. The Labute approximate surface area is 74.2 Å². The van der Waals surface area contributed by atoms with Gasteiger partial charge in [-0.3, -0.25) is 14.9 Å². The molecule has 6 heteroatoms. The molecule has 2 N–H and O–H groups in total. The van der Waals surface area contributed by atoms with Gasteiger partial charge in [0, 0.05) is 12.2 Å². The fourth-order valence-electron chi connectivity index (χ4n) is 0.480. The number of nitrogens with one attached hydrogen (secondary N) is 1. The maximum absolute atomic E-state index is 10.0. The highest BCUT2D eigenvalue weighted by Crippen LogP contribution is 1.82. The third-order valence-electron chi connectivity index (χ3n) is 0.900. The zero-order chi connectivity index (χ0) is 10.3. The largest absolute Gasteiger partial charge is 0.505 e. The number of ether oxygens (including phenoxy) is 1. The molecule has 0 fully saturated rings. The first-order chi connectivity index (χ1) is 6.06. The summed E-state index contributed by atoms with van der Waals surface area (Å²) in [4.78, 5) is 29.4. The van der Waals surface area contributed by atoms with Gasteiger partial charge in [-0.2, -0.15) is 0 Å². The van der Waals surface area contributed by atoms with Crippen LogP contribution in [0.25, 0.3) is 0 Å². The van der Waals surface area contributed by atoms with E-state index in [1.165, 1.54) is 12.2 Å². The highest BCUT2D eigenvalue weighted by molar-refractivity contribution is 6.12. The van der Waals surface area contributed by atoms with Crippen LogP contribution in [0.15, 0.2) is 12.2 Å². The SMILES string of the molecule is CCOC(=O)O.O=C1C=CC(=O)N1. The van der Waals surface area contributed by atoms with E-state index in [2.05, 4.69) is 4.74 Å². The Morgan fingerprint density at radius 3 is 2.00 bits per heavy atom. The van der Waals surface area contributed by atoms with Crippen molar-refractivity contribution in [2.45, 2.75) is 6.92 Å². The monoisotopic (exact) mass is 187 g/mol. The molecule has 13 heavy (non-hydrogen) atoms. The van der Waals surface area contributed by atoms with Crippen molar-refractivity contribution < 1.29 is 24.2 Å². The second kappa shape index (κ2) is 5.76. The van der Waals surface area contributed by atoms with Gasteiger partial charge in [-0.25, -0.2) is 4.79 Å². The number of rotatable bonds is 1. The van der Waals surface area contributed by atoms with Crippen LogP contribution in [0.1, 0.15) is 6.92 Å². The summed E-state index contributed by atoms with van der Waals surface area (Å²) < 4.78 is 3.96. The minimum atomic E-state index is -1.21. The summed E-state index contributed by atoms with van der Waals surface area (Å²) in [6, 6.07) is 0. The molecule has 0 aromatic rings. The average molecular weight is 187 g/mol. The van der Waals surface area contributed by atoms with Crippen molar-refractivity contribution in [2.75, 3.05) is 6.61 Å². The molecule has 2 amide bonds. The Kier molecular flexibility index (Phi) is 4.94.